The Morgan fingerprint density at radius 1 is 1.38 bits per heavy atom. The summed E-state index contributed by atoms with van der Waals surface area (Å²) in [6.45, 7) is 0. The first-order valence-corrected chi connectivity index (χ1v) is 2.05. The minimum absolute atomic E-state index is 0.0270. The molecule has 0 fully saturated rings. The van der Waals surface area contributed by atoms with Crippen molar-refractivity contribution in [2.45, 2.75) is 0 Å². The Morgan fingerprint density at radius 2 is 1.88 bits per heavy atom. The fourth-order valence-corrected chi connectivity index (χ4v) is 0.331. The van der Waals surface area contributed by atoms with Gasteiger partial charge in [0.05, 0.1) is 18.1 Å². The van der Waals surface area contributed by atoms with Gasteiger partial charge in [-0.25, -0.2) is 9.97 Å². The molecule has 0 aromatic carbocycles. The smallest absolute Gasteiger partial charge is 0.170 e. The molecule has 1 heterocycles. The van der Waals surface area contributed by atoms with E-state index >= 15 is 0 Å². The van der Waals surface area contributed by atoms with Crippen molar-refractivity contribution < 1.29 is 5.11 Å². The van der Waals surface area contributed by atoms with Gasteiger partial charge in [-0.05, 0) is 0 Å². The first-order chi connectivity index (χ1) is 3.79. The third kappa shape index (κ3) is 0.962. The van der Waals surface area contributed by atoms with E-state index in [0.717, 1.165) is 0 Å². The van der Waals surface area contributed by atoms with Crippen LogP contribution in [0.4, 0.5) is 0 Å². The molecule has 1 aromatic rings. The fraction of sp³-hybridized carbons (Fsp3) is 0. The summed E-state index contributed by atoms with van der Waals surface area (Å²) >= 11 is 0. The van der Waals surface area contributed by atoms with E-state index in [0.29, 0.717) is 0 Å². The van der Waals surface area contributed by atoms with E-state index in [9.17, 15) is 0 Å². The van der Waals surface area contributed by atoms with Gasteiger partial charge < -0.3 is 5.11 Å². The zero-order valence-electron chi connectivity index (χ0n) is 4.07. The fourth-order valence-electron chi connectivity index (χ4n) is 0.331. The Labute approximate surface area is 47.8 Å². The van der Waals surface area contributed by atoms with Gasteiger partial charge in [-0.15, -0.1) is 0 Å². The largest absolute Gasteiger partial charge is 0.505 e. The molecule has 0 atom stereocenters. The average Bonchev–Trinajstić information content (AvgIpc) is 1.77. The highest BCUT2D eigenvalue weighted by atomic mass is 16.3. The SMILES string of the molecule is [B]c1ncc(O)cn1. The van der Waals surface area contributed by atoms with Crippen molar-refractivity contribution in [2.75, 3.05) is 0 Å². The molecular formula is C4H3BN2O. The number of hydrogen-bond acceptors (Lipinski definition) is 3. The van der Waals surface area contributed by atoms with Crippen LogP contribution in [-0.4, -0.2) is 22.9 Å². The molecule has 1 N–H and O–H groups in total. The minimum Gasteiger partial charge on any atom is -0.505 e. The molecule has 0 aliphatic carbocycles. The Kier molecular flexibility index (Phi) is 1.16. The van der Waals surface area contributed by atoms with E-state index in [4.69, 9.17) is 13.0 Å². The summed E-state index contributed by atoms with van der Waals surface area (Å²) in [5.74, 6) is 0.0270. The zero-order chi connectivity index (χ0) is 5.98. The van der Waals surface area contributed by atoms with E-state index in [1.807, 2.05) is 0 Å². The summed E-state index contributed by atoms with van der Waals surface area (Å²) < 4.78 is 0. The van der Waals surface area contributed by atoms with Crippen LogP contribution < -0.4 is 5.72 Å². The van der Waals surface area contributed by atoms with Crippen LogP contribution in [0.1, 0.15) is 0 Å². The van der Waals surface area contributed by atoms with Crippen molar-refractivity contribution in [1.29, 1.82) is 0 Å². The first-order valence-electron chi connectivity index (χ1n) is 2.05. The van der Waals surface area contributed by atoms with Gasteiger partial charge in [0.2, 0.25) is 0 Å². The van der Waals surface area contributed by atoms with E-state index in [2.05, 4.69) is 9.97 Å². The molecule has 0 saturated heterocycles. The van der Waals surface area contributed by atoms with Gasteiger partial charge in [0.25, 0.3) is 0 Å². The standard InChI is InChI=1S/C4H3BN2O/c5-4-6-1-3(8)2-7-4/h1-2,8H. The lowest BCUT2D eigenvalue weighted by Crippen LogP contribution is -2.10. The highest BCUT2D eigenvalue weighted by Crippen LogP contribution is 1.96. The van der Waals surface area contributed by atoms with E-state index in [1.165, 1.54) is 12.4 Å². The predicted octanol–water partition coefficient (Wildman–Crippen LogP) is -1.02. The monoisotopic (exact) mass is 106 g/mol. The molecule has 0 unspecified atom stereocenters. The topological polar surface area (TPSA) is 46.0 Å². The molecule has 4 heteroatoms. The van der Waals surface area contributed by atoms with Crippen molar-refractivity contribution in [3.63, 3.8) is 0 Å². The first kappa shape index (κ1) is 5.09. The lowest BCUT2D eigenvalue weighted by molar-refractivity contribution is 0.470. The maximum atomic E-state index is 8.58. The van der Waals surface area contributed by atoms with Crippen LogP contribution in [0.2, 0.25) is 0 Å². The van der Waals surface area contributed by atoms with Crippen molar-refractivity contribution in [2.24, 2.45) is 0 Å². The Balaban J connectivity index is 3.03. The molecule has 1 rings (SSSR count). The lowest BCUT2D eigenvalue weighted by Gasteiger charge is -1.88. The van der Waals surface area contributed by atoms with Crippen LogP contribution in [0.3, 0.4) is 0 Å². The average molecular weight is 106 g/mol. The number of rotatable bonds is 0. The van der Waals surface area contributed by atoms with E-state index in [-0.39, 0.29) is 11.5 Å². The lowest BCUT2D eigenvalue weighted by atomic mass is 10.1. The van der Waals surface area contributed by atoms with Crippen LogP contribution in [-0.2, 0) is 0 Å². The second-order valence-electron chi connectivity index (χ2n) is 1.30. The molecule has 0 aliphatic rings. The number of aromatic hydroxyl groups is 1. The van der Waals surface area contributed by atoms with Gasteiger partial charge in [-0.2, -0.15) is 0 Å². The highest BCUT2D eigenvalue weighted by Gasteiger charge is 1.84. The third-order valence-corrected chi connectivity index (χ3v) is 0.658. The van der Waals surface area contributed by atoms with Crippen molar-refractivity contribution >= 4 is 13.6 Å². The second kappa shape index (κ2) is 1.82. The van der Waals surface area contributed by atoms with Gasteiger partial charge in [-0.1, -0.05) is 0 Å². The maximum Gasteiger partial charge on any atom is 0.170 e. The molecule has 0 bridgehead atoms. The highest BCUT2D eigenvalue weighted by molar-refractivity contribution is 6.28. The predicted molar refractivity (Wildman–Crippen MR) is 29.1 cm³/mol. The molecule has 0 saturated carbocycles. The second-order valence-corrected chi connectivity index (χ2v) is 1.30. The van der Waals surface area contributed by atoms with Crippen LogP contribution >= 0.6 is 0 Å². The summed E-state index contributed by atoms with van der Waals surface area (Å²) in [7, 11) is 5.09. The summed E-state index contributed by atoms with van der Waals surface area (Å²) in [6.07, 6.45) is 2.48. The molecular weight excluding hydrogens is 103 g/mol. The molecule has 0 spiro atoms. The van der Waals surface area contributed by atoms with Gasteiger partial charge in [-0.3, -0.25) is 0 Å². The van der Waals surface area contributed by atoms with Crippen LogP contribution in [0, 0.1) is 0 Å². The van der Waals surface area contributed by atoms with Gasteiger partial charge in [0.1, 0.15) is 0 Å². The third-order valence-electron chi connectivity index (χ3n) is 0.658. The molecule has 0 amide bonds. The Morgan fingerprint density at radius 3 is 2.25 bits per heavy atom. The van der Waals surface area contributed by atoms with Crippen molar-refractivity contribution in [3.8, 4) is 5.75 Å². The Bertz CT molecular complexity index is 153. The van der Waals surface area contributed by atoms with Gasteiger partial charge in [0.15, 0.2) is 13.6 Å². The molecule has 3 nitrogen and oxygen atoms in total. The molecule has 38 valence electrons. The van der Waals surface area contributed by atoms with Crippen LogP contribution in [0.15, 0.2) is 12.4 Å². The van der Waals surface area contributed by atoms with Crippen LogP contribution in [0.25, 0.3) is 0 Å². The van der Waals surface area contributed by atoms with Gasteiger partial charge in [0, 0.05) is 0 Å². The summed E-state index contributed by atoms with van der Waals surface area (Å²) in [5.41, 5.74) is 0.169. The number of hydrogen-bond donors (Lipinski definition) is 1. The molecule has 8 heavy (non-hydrogen) atoms. The summed E-state index contributed by atoms with van der Waals surface area (Å²) in [6, 6.07) is 0. The molecule has 0 aliphatic heterocycles. The molecule has 1 aromatic heterocycles. The van der Waals surface area contributed by atoms with Crippen molar-refractivity contribution in [3.05, 3.63) is 12.4 Å². The quantitative estimate of drug-likeness (QED) is 0.430. The number of aromatic nitrogens is 2. The normalized spacial score (nSPS) is 9.00. The maximum absolute atomic E-state index is 8.58. The minimum atomic E-state index is 0.0270. The Hall–Kier alpha value is -1.06. The van der Waals surface area contributed by atoms with Gasteiger partial charge >= 0.3 is 0 Å². The van der Waals surface area contributed by atoms with Crippen LogP contribution in [0.5, 0.6) is 5.75 Å². The number of nitrogens with zero attached hydrogens (tertiary/aromatic N) is 2. The zero-order valence-corrected chi connectivity index (χ0v) is 4.07. The van der Waals surface area contributed by atoms with Crippen molar-refractivity contribution in [1.82, 2.24) is 9.97 Å². The van der Waals surface area contributed by atoms with E-state index < -0.39 is 0 Å². The summed E-state index contributed by atoms with van der Waals surface area (Å²) in [4.78, 5) is 6.99. The molecule has 2 radical (unpaired) electrons. The van der Waals surface area contributed by atoms with E-state index in [1.54, 1.807) is 0 Å². The summed E-state index contributed by atoms with van der Waals surface area (Å²) in [5, 5.41) is 8.58.